The number of rotatable bonds is 7. The molecule has 15 heavy (non-hydrogen) atoms. The van der Waals surface area contributed by atoms with Crippen molar-refractivity contribution in [3.8, 4) is 0 Å². The van der Waals surface area contributed by atoms with Crippen LogP contribution < -0.4 is 5.73 Å². The van der Waals surface area contributed by atoms with E-state index in [1.807, 2.05) is 6.92 Å². The van der Waals surface area contributed by atoms with Crippen LogP contribution in [0.25, 0.3) is 0 Å². The van der Waals surface area contributed by atoms with Gasteiger partial charge in [-0.15, -0.1) is 0 Å². The van der Waals surface area contributed by atoms with Crippen molar-refractivity contribution >= 4 is 5.97 Å². The second kappa shape index (κ2) is 7.69. The van der Waals surface area contributed by atoms with Crippen LogP contribution in [0.4, 0.5) is 0 Å². The Hall–Kier alpha value is -0.570. The summed E-state index contributed by atoms with van der Waals surface area (Å²) in [4.78, 5) is 11.4. The number of hydrogen-bond acceptors (Lipinski definition) is 3. The first kappa shape index (κ1) is 14.4. The van der Waals surface area contributed by atoms with E-state index in [1.54, 1.807) is 0 Å². The van der Waals surface area contributed by atoms with E-state index < -0.39 is 0 Å². The Kier molecular flexibility index (Phi) is 7.39. The van der Waals surface area contributed by atoms with Crippen LogP contribution in [0.5, 0.6) is 0 Å². The number of ether oxygens (including phenoxy) is 1. The quantitative estimate of drug-likeness (QED) is 0.663. The van der Waals surface area contributed by atoms with Gasteiger partial charge in [0.1, 0.15) is 6.10 Å². The van der Waals surface area contributed by atoms with E-state index in [9.17, 15) is 4.79 Å². The summed E-state index contributed by atoms with van der Waals surface area (Å²) in [7, 11) is 0. The highest BCUT2D eigenvalue weighted by atomic mass is 16.5. The van der Waals surface area contributed by atoms with Crippen molar-refractivity contribution in [2.45, 2.75) is 53.1 Å². The molecule has 3 heteroatoms. The minimum atomic E-state index is -0.0833. The van der Waals surface area contributed by atoms with Crippen LogP contribution >= 0.6 is 0 Å². The van der Waals surface area contributed by atoms with Gasteiger partial charge >= 0.3 is 5.97 Å². The maximum Gasteiger partial charge on any atom is 0.306 e. The van der Waals surface area contributed by atoms with Gasteiger partial charge in [-0.1, -0.05) is 20.8 Å². The van der Waals surface area contributed by atoms with Gasteiger partial charge in [0, 0.05) is 6.42 Å². The van der Waals surface area contributed by atoms with Crippen molar-refractivity contribution < 1.29 is 9.53 Å². The number of hydrogen-bond donors (Lipinski definition) is 1. The summed E-state index contributed by atoms with van der Waals surface area (Å²) < 4.78 is 5.27. The van der Waals surface area contributed by atoms with E-state index in [2.05, 4.69) is 20.8 Å². The average Bonchev–Trinajstić information content (AvgIpc) is 2.15. The minimum absolute atomic E-state index is 0.0160. The van der Waals surface area contributed by atoms with Gasteiger partial charge in [0.25, 0.3) is 0 Å². The molecule has 0 radical (unpaired) electrons. The van der Waals surface area contributed by atoms with Gasteiger partial charge in [0.05, 0.1) is 0 Å². The largest absolute Gasteiger partial charge is 0.462 e. The van der Waals surface area contributed by atoms with E-state index in [-0.39, 0.29) is 12.1 Å². The lowest BCUT2D eigenvalue weighted by Crippen LogP contribution is -2.20. The van der Waals surface area contributed by atoms with Crippen LogP contribution in [0.1, 0.15) is 47.0 Å². The Bertz CT molecular complexity index is 180. The molecule has 0 aliphatic rings. The van der Waals surface area contributed by atoms with Crippen molar-refractivity contribution in [3.63, 3.8) is 0 Å². The van der Waals surface area contributed by atoms with Crippen LogP contribution in [0, 0.1) is 11.8 Å². The zero-order valence-corrected chi connectivity index (χ0v) is 10.5. The summed E-state index contributed by atoms with van der Waals surface area (Å²) in [6.07, 6.45) is 2.38. The Morgan fingerprint density at radius 2 is 1.80 bits per heavy atom. The molecule has 3 nitrogen and oxygen atoms in total. The molecule has 0 heterocycles. The Balaban J connectivity index is 3.66. The van der Waals surface area contributed by atoms with E-state index in [4.69, 9.17) is 10.5 Å². The fourth-order valence-corrected chi connectivity index (χ4v) is 1.20. The summed E-state index contributed by atoms with van der Waals surface area (Å²) in [6, 6.07) is 0. The highest BCUT2D eigenvalue weighted by Crippen LogP contribution is 2.12. The standard InChI is InChI=1S/C12H25NO2/c1-9(2)11(4)15-12(14)6-5-10(3)7-8-13/h9-11H,5-8,13H2,1-4H3. The zero-order chi connectivity index (χ0) is 11.8. The molecular formula is C12H25NO2. The predicted molar refractivity (Wildman–Crippen MR) is 62.5 cm³/mol. The molecule has 0 saturated carbocycles. The number of carbonyl (C=O) groups is 1. The molecule has 0 rings (SSSR count). The molecule has 0 aliphatic carbocycles. The SMILES string of the molecule is CC(CCN)CCC(=O)OC(C)C(C)C. The lowest BCUT2D eigenvalue weighted by atomic mass is 10.0. The van der Waals surface area contributed by atoms with Gasteiger partial charge in [-0.25, -0.2) is 0 Å². The van der Waals surface area contributed by atoms with E-state index in [1.165, 1.54) is 0 Å². The third-order valence-corrected chi connectivity index (χ3v) is 2.76. The fraction of sp³-hybridized carbons (Fsp3) is 0.917. The monoisotopic (exact) mass is 215 g/mol. The lowest BCUT2D eigenvalue weighted by molar-refractivity contribution is -0.150. The molecule has 0 bridgehead atoms. The molecule has 90 valence electrons. The Morgan fingerprint density at radius 3 is 2.27 bits per heavy atom. The minimum Gasteiger partial charge on any atom is -0.462 e. The molecule has 0 aromatic heterocycles. The summed E-state index contributed by atoms with van der Waals surface area (Å²) in [5.41, 5.74) is 5.44. The summed E-state index contributed by atoms with van der Waals surface area (Å²) in [6.45, 7) is 8.85. The smallest absolute Gasteiger partial charge is 0.306 e. The first-order chi connectivity index (χ1) is 6.97. The van der Waals surface area contributed by atoms with Crippen LogP contribution in [0.15, 0.2) is 0 Å². The number of esters is 1. The highest BCUT2D eigenvalue weighted by molar-refractivity contribution is 5.69. The van der Waals surface area contributed by atoms with Crippen LogP contribution in [0.3, 0.4) is 0 Å². The third-order valence-electron chi connectivity index (χ3n) is 2.76. The van der Waals surface area contributed by atoms with Gasteiger partial charge in [0.2, 0.25) is 0 Å². The molecule has 0 spiro atoms. The molecule has 0 aromatic carbocycles. The second-order valence-electron chi connectivity index (χ2n) is 4.66. The van der Waals surface area contributed by atoms with Crippen LogP contribution in [-0.2, 0) is 9.53 Å². The normalized spacial score (nSPS) is 15.1. The van der Waals surface area contributed by atoms with Gasteiger partial charge in [-0.05, 0) is 38.1 Å². The number of nitrogens with two attached hydrogens (primary N) is 1. The van der Waals surface area contributed by atoms with Gasteiger partial charge in [-0.2, -0.15) is 0 Å². The van der Waals surface area contributed by atoms with Crippen LogP contribution in [-0.4, -0.2) is 18.6 Å². The van der Waals surface area contributed by atoms with Crippen molar-refractivity contribution in [2.75, 3.05) is 6.54 Å². The lowest BCUT2D eigenvalue weighted by Gasteiger charge is -2.17. The fourth-order valence-electron chi connectivity index (χ4n) is 1.20. The summed E-state index contributed by atoms with van der Waals surface area (Å²) in [5, 5.41) is 0. The Morgan fingerprint density at radius 1 is 1.20 bits per heavy atom. The van der Waals surface area contributed by atoms with Gasteiger partial charge in [-0.3, -0.25) is 4.79 Å². The first-order valence-corrected chi connectivity index (χ1v) is 5.86. The molecule has 2 unspecified atom stereocenters. The molecule has 0 fully saturated rings. The highest BCUT2D eigenvalue weighted by Gasteiger charge is 2.13. The molecule has 0 aromatic rings. The maximum atomic E-state index is 11.4. The second-order valence-corrected chi connectivity index (χ2v) is 4.66. The van der Waals surface area contributed by atoms with Crippen molar-refractivity contribution in [1.82, 2.24) is 0 Å². The van der Waals surface area contributed by atoms with E-state index in [0.717, 1.165) is 12.8 Å². The first-order valence-electron chi connectivity index (χ1n) is 5.86. The average molecular weight is 215 g/mol. The van der Waals surface area contributed by atoms with Gasteiger partial charge in [0.15, 0.2) is 0 Å². The van der Waals surface area contributed by atoms with Crippen molar-refractivity contribution in [3.05, 3.63) is 0 Å². The van der Waals surface area contributed by atoms with Crippen molar-refractivity contribution in [2.24, 2.45) is 17.6 Å². The summed E-state index contributed by atoms with van der Waals surface area (Å²) >= 11 is 0. The molecule has 0 aliphatic heterocycles. The number of carbonyl (C=O) groups excluding carboxylic acids is 1. The topological polar surface area (TPSA) is 52.3 Å². The molecule has 0 amide bonds. The van der Waals surface area contributed by atoms with E-state index >= 15 is 0 Å². The predicted octanol–water partition coefficient (Wildman–Crippen LogP) is 2.34. The molecule has 0 saturated heterocycles. The third kappa shape index (κ3) is 7.37. The summed E-state index contributed by atoms with van der Waals surface area (Å²) in [5.74, 6) is 0.812. The van der Waals surface area contributed by atoms with E-state index in [0.29, 0.717) is 24.8 Å². The molecular weight excluding hydrogens is 190 g/mol. The zero-order valence-electron chi connectivity index (χ0n) is 10.5. The molecule has 2 N–H and O–H groups in total. The van der Waals surface area contributed by atoms with Crippen molar-refractivity contribution in [1.29, 1.82) is 0 Å². The van der Waals surface area contributed by atoms with Gasteiger partial charge < -0.3 is 10.5 Å². The Labute approximate surface area is 93.4 Å². The van der Waals surface area contributed by atoms with Crippen LogP contribution in [0.2, 0.25) is 0 Å². The molecule has 2 atom stereocenters. The maximum absolute atomic E-state index is 11.4.